The van der Waals surface area contributed by atoms with E-state index in [0.717, 1.165) is 33.4 Å². The molecule has 0 radical (unpaired) electrons. The molecule has 4 N–H and O–H groups in total. The van der Waals surface area contributed by atoms with E-state index in [9.17, 15) is 37.5 Å². The van der Waals surface area contributed by atoms with E-state index in [1.165, 1.54) is 28.1 Å². The van der Waals surface area contributed by atoms with Crippen LogP contribution >= 0.6 is 57.8 Å². The Hall–Kier alpha value is -7.08. The third-order valence-electron chi connectivity index (χ3n) is 12.6. The van der Waals surface area contributed by atoms with Crippen molar-refractivity contribution >= 4 is 149 Å². The van der Waals surface area contributed by atoms with Crippen LogP contribution in [-0.2, 0) is 54.6 Å². The van der Waals surface area contributed by atoms with Crippen LogP contribution in [0.3, 0.4) is 0 Å². The van der Waals surface area contributed by atoms with Gasteiger partial charge in [-0.2, -0.15) is 23.7 Å². The monoisotopic (exact) mass is 1340 g/mol. The van der Waals surface area contributed by atoms with Gasteiger partial charge in [0.15, 0.2) is 11.6 Å². The number of fused-ring (bicyclic) bond motifs is 2. The molecule has 6 aromatic heterocycles. The average Bonchev–Trinajstić information content (AvgIpc) is 4.29. The maximum atomic E-state index is 14.5. The van der Waals surface area contributed by atoms with E-state index < -0.39 is 42.2 Å². The van der Waals surface area contributed by atoms with Gasteiger partial charge in [-0.05, 0) is 130 Å². The fourth-order valence-electron chi connectivity index (χ4n) is 8.91. The molecule has 21 nitrogen and oxygen atoms in total. The highest BCUT2D eigenvalue weighted by Crippen LogP contribution is 2.30. The number of carbonyl (C=O) groups is 6. The molecule has 2 fully saturated rings. The van der Waals surface area contributed by atoms with Crippen LogP contribution in [0.15, 0.2) is 94.7 Å². The lowest BCUT2D eigenvalue weighted by molar-refractivity contribution is -0.138. The molecule has 436 valence electrons. The van der Waals surface area contributed by atoms with Gasteiger partial charge in [-0.1, -0.05) is 12.1 Å². The fourth-order valence-corrected chi connectivity index (χ4v) is 10.0. The molecule has 8 aromatic rings. The van der Waals surface area contributed by atoms with Crippen LogP contribution in [0.5, 0.6) is 0 Å². The van der Waals surface area contributed by atoms with E-state index >= 15 is 0 Å². The lowest BCUT2D eigenvalue weighted by Crippen LogP contribution is -2.44. The third kappa shape index (κ3) is 17.3. The minimum absolute atomic E-state index is 0. The number of aliphatic carboxylic acids is 1. The number of Topliss-reactive ketones (excluding diaryl/α,β-unsaturated/α-hetero) is 2. The highest BCUT2D eigenvalue weighted by molar-refractivity contribution is 9.10. The summed E-state index contributed by atoms with van der Waals surface area (Å²) in [5.41, 5.74) is 6.74. The predicted octanol–water partition coefficient (Wildman–Crippen LogP) is 8.46. The highest BCUT2D eigenvalue weighted by atomic mass is 79.9. The first-order valence-corrected chi connectivity index (χ1v) is 27.7. The Morgan fingerprint density at radius 3 is 1.51 bits per heavy atom. The standard InChI is InChI=1S/C27H25BrFN7O3.C16H14N4O3.C11H13BrFN3O.ClH.S2.H2S/c1-14-6-23(28)32-24(7-14)33-27(39)22-9-19(29)12-35(22)25(38)13-36-21-5-4-17(18-10-30-16(3)31-11-18)8-20(21)26(34-36)15(2)37;1-9(21)16-13-5-11(12-6-17-10(2)18-7-12)3-4-14(13)20(19-16)8-15(22)23;1-6-2-9(12)15-10(3-6)16-11(17)8-4-7(13)5-14-8;;1-2;/h4-8,10-11,19,22H,9,12-13H2,1-3H3,(H,32,33,39);3-7H,8H2,1-2H3,(H,22,23);2-3,7-8,14H,4-5H2,1H3,(H,15,16,17);1H;;1H2/t19-,22+;;7-,8+;;;/m1.1.../s1. The van der Waals surface area contributed by atoms with Crippen LogP contribution in [0.4, 0.5) is 20.4 Å². The quantitative estimate of drug-likeness (QED) is 0.0659. The second-order valence-corrected chi connectivity index (χ2v) is 20.5. The van der Waals surface area contributed by atoms with E-state index in [4.69, 9.17) is 5.11 Å². The zero-order valence-corrected chi connectivity index (χ0v) is 51.8. The third-order valence-corrected chi connectivity index (χ3v) is 13.4. The van der Waals surface area contributed by atoms with Crippen LogP contribution in [0.25, 0.3) is 44.1 Å². The first kappa shape index (κ1) is 66.7. The van der Waals surface area contributed by atoms with Crippen molar-refractivity contribution in [2.45, 2.75) is 91.9 Å². The summed E-state index contributed by atoms with van der Waals surface area (Å²) in [7, 11) is 0. The number of alkyl halides is 2. The molecule has 0 unspecified atom stereocenters. The average molecular weight is 1340 g/mol. The topological polar surface area (TPSA) is 275 Å². The highest BCUT2D eigenvalue weighted by Gasteiger charge is 2.40. The number of aromatic nitrogens is 10. The number of benzene rings is 2. The van der Waals surface area contributed by atoms with Crippen molar-refractivity contribution in [2.24, 2.45) is 0 Å². The zero-order chi connectivity index (χ0) is 58.8. The molecule has 0 aliphatic carbocycles. The summed E-state index contributed by atoms with van der Waals surface area (Å²) in [4.78, 5) is 99.7. The maximum absolute atomic E-state index is 14.5. The predicted molar refractivity (Wildman–Crippen MR) is 328 cm³/mol. The molecular formula is C54H55Br2ClF2N14O7S3. The summed E-state index contributed by atoms with van der Waals surface area (Å²) in [5.74, 6) is -0.629. The van der Waals surface area contributed by atoms with Gasteiger partial charge >= 0.3 is 5.97 Å². The van der Waals surface area contributed by atoms with Crippen LogP contribution in [0, 0.1) is 27.7 Å². The van der Waals surface area contributed by atoms with E-state index in [1.54, 1.807) is 69.0 Å². The largest absolute Gasteiger partial charge is 0.480 e. The lowest BCUT2D eigenvalue weighted by Gasteiger charge is -2.23. The number of aryl methyl sites for hydroxylation is 4. The number of hydrogen-bond donors (Lipinski definition) is 4. The Labute approximate surface area is 514 Å². The number of nitrogens with one attached hydrogen (secondary N) is 3. The van der Waals surface area contributed by atoms with Gasteiger partial charge in [0, 0.05) is 102 Å². The SMILES string of the molecule is CC(=O)c1nn(CC(=O)N2C[C@H](F)C[C@H]2C(=O)Nc2cc(C)cc(Br)n2)c2ccc(-c3cnc(C)nc3)cc12.CC(=O)c1nn(CC(=O)O)c2ccc(-c3cnc(C)nc3)cc12.Cc1cc(Br)nc(NC(=O)[C@@H]2C[C@@H](F)CN2)c1.Cl.S.S=S. The summed E-state index contributed by atoms with van der Waals surface area (Å²) in [6.07, 6.45) is 4.62. The number of carboxylic acid groups (broad SMARTS) is 1. The summed E-state index contributed by atoms with van der Waals surface area (Å²) < 4.78 is 31.4. The second kappa shape index (κ2) is 29.9. The Morgan fingerprint density at radius 1 is 0.651 bits per heavy atom. The molecule has 2 saturated heterocycles. The van der Waals surface area contributed by atoms with Gasteiger partial charge in [0.25, 0.3) is 0 Å². The number of likely N-dealkylation sites (tertiary alicyclic amines) is 1. The van der Waals surface area contributed by atoms with E-state index in [1.807, 2.05) is 44.2 Å². The first-order chi connectivity index (χ1) is 38.6. The van der Waals surface area contributed by atoms with Gasteiger partial charge in [0.05, 0.1) is 23.6 Å². The molecule has 0 bridgehead atoms. The molecule has 4 atom stereocenters. The normalized spacial score (nSPS) is 15.9. The molecule has 2 aliphatic heterocycles. The number of hydrogen-bond acceptors (Lipinski definition) is 17. The molecule has 10 rings (SSSR count). The number of ketones is 2. The summed E-state index contributed by atoms with van der Waals surface area (Å²) in [5, 5.41) is 26.9. The molecule has 0 saturated carbocycles. The molecule has 2 aromatic carbocycles. The molecule has 8 heterocycles. The maximum Gasteiger partial charge on any atom is 0.325 e. The van der Waals surface area contributed by atoms with Crippen molar-refractivity contribution in [3.05, 3.63) is 129 Å². The lowest BCUT2D eigenvalue weighted by atomic mass is 10.0. The molecule has 2 aliphatic rings. The van der Waals surface area contributed by atoms with Crippen molar-refractivity contribution in [1.82, 2.24) is 59.7 Å². The van der Waals surface area contributed by atoms with Crippen LogP contribution in [0.2, 0.25) is 0 Å². The molecular weight excluding hydrogens is 1290 g/mol. The Balaban J connectivity index is 0.000000243. The minimum atomic E-state index is -1.34. The number of carbonyl (C=O) groups excluding carboxylic acids is 5. The molecule has 29 heteroatoms. The number of nitrogens with zero attached hydrogens (tertiary/aromatic N) is 11. The van der Waals surface area contributed by atoms with Gasteiger partial charge in [0.2, 0.25) is 17.7 Å². The van der Waals surface area contributed by atoms with Gasteiger partial charge in [-0.15, -0.1) is 12.4 Å². The number of pyridine rings is 2. The molecule has 0 spiro atoms. The smallest absolute Gasteiger partial charge is 0.325 e. The summed E-state index contributed by atoms with van der Waals surface area (Å²) >= 11 is 13.9. The fraction of sp³-hybridized carbons (Fsp3) is 0.296. The van der Waals surface area contributed by atoms with Crippen molar-refractivity contribution in [2.75, 3.05) is 23.7 Å². The Bertz CT molecular complexity index is 3660. The van der Waals surface area contributed by atoms with Gasteiger partial charge in [-0.25, -0.2) is 38.7 Å². The van der Waals surface area contributed by atoms with E-state index in [0.29, 0.717) is 54.3 Å². The Kier molecular flexibility index (Phi) is 24.1. The van der Waals surface area contributed by atoms with Crippen LogP contribution in [-0.4, -0.2) is 132 Å². The van der Waals surface area contributed by atoms with Crippen LogP contribution < -0.4 is 16.0 Å². The van der Waals surface area contributed by atoms with Crippen molar-refractivity contribution in [1.29, 1.82) is 0 Å². The van der Waals surface area contributed by atoms with Gasteiger partial charge in [0.1, 0.15) is 75.4 Å². The van der Waals surface area contributed by atoms with Crippen LogP contribution in [0.1, 0.15) is 70.4 Å². The minimum Gasteiger partial charge on any atom is -0.480 e. The van der Waals surface area contributed by atoms with E-state index in [-0.39, 0.29) is 93.8 Å². The number of halogens is 5. The van der Waals surface area contributed by atoms with Gasteiger partial charge in [-0.3, -0.25) is 38.1 Å². The zero-order valence-electron chi connectivity index (χ0n) is 45.2. The van der Waals surface area contributed by atoms with Crippen molar-refractivity contribution < 1.29 is 42.7 Å². The van der Waals surface area contributed by atoms with Gasteiger partial charge < -0.3 is 26.0 Å². The number of carboxylic acids is 1. The number of anilines is 2. The number of amides is 3. The molecule has 3 amide bonds. The van der Waals surface area contributed by atoms with Crippen molar-refractivity contribution in [3.8, 4) is 22.3 Å². The summed E-state index contributed by atoms with van der Waals surface area (Å²) in [6.45, 7) is 9.65. The Morgan fingerprint density at radius 2 is 1.10 bits per heavy atom. The molecule has 83 heavy (non-hydrogen) atoms. The summed E-state index contributed by atoms with van der Waals surface area (Å²) in [6, 6.07) is 16.4. The van der Waals surface area contributed by atoms with Crippen molar-refractivity contribution in [3.63, 3.8) is 0 Å². The van der Waals surface area contributed by atoms with E-state index in [2.05, 4.69) is 110 Å². The number of rotatable bonds is 12. The first-order valence-electron chi connectivity index (χ1n) is 24.8. The second-order valence-electron chi connectivity index (χ2n) is 18.9.